The third-order valence-electron chi connectivity index (χ3n) is 3.35. The molecule has 0 spiro atoms. The monoisotopic (exact) mass is 253 g/mol. The highest BCUT2D eigenvalue weighted by Gasteiger charge is 2.32. The zero-order valence-corrected chi connectivity index (χ0v) is 11.0. The molecule has 2 atom stereocenters. The summed E-state index contributed by atoms with van der Waals surface area (Å²) in [5.74, 6) is 0.697. The van der Waals surface area contributed by atoms with Crippen molar-refractivity contribution in [3.8, 4) is 0 Å². The standard InChI is InChI=1S/C12H19N3O3/c1-7(2)10(12(16)17)15-8(3)13-14-11(15)9-4-5-18-6-9/h7,9-10H,4-6H2,1-3H3,(H,16,17). The van der Waals surface area contributed by atoms with E-state index in [2.05, 4.69) is 10.2 Å². The van der Waals surface area contributed by atoms with E-state index in [9.17, 15) is 9.90 Å². The molecule has 1 aromatic heterocycles. The highest BCUT2D eigenvalue weighted by Crippen LogP contribution is 2.29. The minimum atomic E-state index is -0.840. The highest BCUT2D eigenvalue weighted by atomic mass is 16.5. The summed E-state index contributed by atoms with van der Waals surface area (Å²) in [5.41, 5.74) is 0. The second-order valence-corrected chi connectivity index (χ2v) is 5.06. The first-order valence-corrected chi connectivity index (χ1v) is 6.24. The molecule has 2 unspecified atom stereocenters. The van der Waals surface area contributed by atoms with E-state index in [1.54, 1.807) is 11.5 Å². The molecule has 1 aliphatic rings. The molecule has 1 aromatic rings. The summed E-state index contributed by atoms with van der Waals surface area (Å²) in [6.07, 6.45) is 0.878. The lowest BCUT2D eigenvalue weighted by molar-refractivity contribution is -0.142. The molecule has 0 aliphatic carbocycles. The van der Waals surface area contributed by atoms with Crippen molar-refractivity contribution in [3.63, 3.8) is 0 Å². The van der Waals surface area contributed by atoms with Gasteiger partial charge in [0.05, 0.1) is 6.61 Å². The number of carboxylic acid groups (broad SMARTS) is 1. The van der Waals surface area contributed by atoms with Gasteiger partial charge in [-0.1, -0.05) is 13.8 Å². The Hall–Kier alpha value is -1.43. The Bertz CT molecular complexity index is 436. The van der Waals surface area contributed by atoms with Crippen LogP contribution in [-0.2, 0) is 9.53 Å². The Balaban J connectivity index is 2.41. The predicted octanol–water partition coefficient (Wildman–Crippen LogP) is 1.37. The zero-order valence-electron chi connectivity index (χ0n) is 11.0. The molecule has 2 rings (SSSR count). The van der Waals surface area contributed by atoms with Crippen LogP contribution in [0.15, 0.2) is 0 Å². The van der Waals surface area contributed by atoms with E-state index >= 15 is 0 Å². The average Bonchev–Trinajstić information content (AvgIpc) is 2.88. The van der Waals surface area contributed by atoms with Crippen LogP contribution in [0, 0.1) is 12.8 Å². The lowest BCUT2D eigenvalue weighted by Crippen LogP contribution is -2.27. The van der Waals surface area contributed by atoms with Gasteiger partial charge >= 0.3 is 5.97 Å². The fourth-order valence-corrected chi connectivity index (χ4v) is 2.44. The van der Waals surface area contributed by atoms with Gasteiger partial charge in [-0.3, -0.25) is 0 Å². The Labute approximate surface area is 106 Å². The minimum absolute atomic E-state index is 0.0155. The maximum Gasteiger partial charge on any atom is 0.327 e. The van der Waals surface area contributed by atoms with Crippen molar-refractivity contribution in [3.05, 3.63) is 11.6 Å². The minimum Gasteiger partial charge on any atom is -0.480 e. The normalized spacial score (nSPS) is 21.4. The van der Waals surface area contributed by atoms with Crippen molar-refractivity contribution in [2.45, 2.75) is 39.2 Å². The van der Waals surface area contributed by atoms with Crippen molar-refractivity contribution >= 4 is 5.97 Å². The lowest BCUT2D eigenvalue weighted by atomic mass is 10.0. The van der Waals surface area contributed by atoms with Gasteiger partial charge in [0.1, 0.15) is 17.7 Å². The Morgan fingerprint density at radius 2 is 2.22 bits per heavy atom. The van der Waals surface area contributed by atoms with Crippen LogP contribution in [0.5, 0.6) is 0 Å². The smallest absolute Gasteiger partial charge is 0.327 e. The van der Waals surface area contributed by atoms with Crippen LogP contribution in [-0.4, -0.2) is 39.1 Å². The van der Waals surface area contributed by atoms with Crippen molar-refractivity contribution in [1.82, 2.24) is 14.8 Å². The Morgan fingerprint density at radius 3 is 2.72 bits per heavy atom. The number of aryl methyl sites for hydroxylation is 1. The number of rotatable bonds is 4. The highest BCUT2D eigenvalue weighted by molar-refractivity contribution is 5.72. The van der Waals surface area contributed by atoms with Crippen LogP contribution in [0.2, 0.25) is 0 Å². The number of aromatic nitrogens is 3. The van der Waals surface area contributed by atoms with Gasteiger partial charge in [-0.15, -0.1) is 10.2 Å². The Kier molecular flexibility index (Phi) is 3.65. The van der Waals surface area contributed by atoms with Crippen LogP contribution < -0.4 is 0 Å². The molecule has 6 heteroatoms. The fraction of sp³-hybridized carbons (Fsp3) is 0.750. The molecule has 18 heavy (non-hydrogen) atoms. The van der Waals surface area contributed by atoms with Crippen molar-refractivity contribution < 1.29 is 14.6 Å². The number of carbonyl (C=O) groups is 1. The second kappa shape index (κ2) is 5.06. The van der Waals surface area contributed by atoms with Gasteiger partial charge in [-0.05, 0) is 19.3 Å². The summed E-state index contributed by atoms with van der Waals surface area (Å²) in [6, 6.07) is -0.615. The number of aliphatic carboxylic acids is 1. The molecule has 1 saturated heterocycles. The number of carboxylic acids is 1. The van der Waals surface area contributed by atoms with Gasteiger partial charge in [0.15, 0.2) is 0 Å². The molecule has 6 nitrogen and oxygen atoms in total. The molecule has 0 radical (unpaired) electrons. The lowest BCUT2D eigenvalue weighted by Gasteiger charge is -2.22. The molecular formula is C12H19N3O3. The van der Waals surface area contributed by atoms with Gasteiger partial charge in [0.25, 0.3) is 0 Å². The molecule has 0 amide bonds. The van der Waals surface area contributed by atoms with Gasteiger partial charge in [0, 0.05) is 12.5 Å². The summed E-state index contributed by atoms with van der Waals surface area (Å²) in [5, 5.41) is 17.6. The van der Waals surface area contributed by atoms with Crippen LogP contribution in [0.1, 0.15) is 43.9 Å². The van der Waals surface area contributed by atoms with E-state index in [4.69, 9.17) is 4.74 Å². The number of nitrogens with zero attached hydrogens (tertiary/aromatic N) is 3. The van der Waals surface area contributed by atoms with Gasteiger partial charge in [-0.25, -0.2) is 4.79 Å². The molecule has 0 bridgehead atoms. The van der Waals surface area contributed by atoms with E-state index in [-0.39, 0.29) is 11.8 Å². The largest absolute Gasteiger partial charge is 0.480 e. The van der Waals surface area contributed by atoms with E-state index in [1.807, 2.05) is 13.8 Å². The molecule has 1 N–H and O–H groups in total. The number of hydrogen-bond acceptors (Lipinski definition) is 4. The maximum atomic E-state index is 11.5. The Morgan fingerprint density at radius 1 is 1.50 bits per heavy atom. The summed E-state index contributed by atoms with van der Waals surface area (Å²) in [6.45, 7) is 6.89. The first-order valence-electron chi connectivity index (χ1n) is 6.24. The summed E-state index contributed by atoms with van der Waals surface area (Å²) in [7, 11) is 0. The van der Waals surface area contributed by atoms with Gasteiger partial charge in [0.2, 0.25) is 0 Å². The van der Waals surface area contributed by atoms with E-state index in [1.165, 1.54) is 0 Å². The van der Waals surface area contributed by atoms with Crippen LogP contribution >= 0.6 is 0 Å². The van der Waals surface area contributed by atoms with Crippen LogP contribution in [0.4, 0.5) is 0 Å². The van der Waals surface area contributed by atoms with E-state index in [0.29, 0.717) is 19.0 Å². The zero-order chi connectivity index (χ0) is 13.3. The summed E-state index contributed by atoms with van der Waals surface area (Å²) >= 11 is 0. The maximum absolute atomic E-state index is 11.5. The van der Waals surface area contributed by atoms with Crippen molar-refractivity contribution in [2.75, 3.05) is 13.2 Å². The van der Waals surface area contributed by atoms with Gasteiger partial charge in [-0.2, -0.15) is 0 Å². The molecule has 0 saturated carbocycles. The van der Waals surface area contributed by atoms with Gasteiger partial charge < -0.3 is 14.4 Å². The third-order valence-corrected chi connectivity index (χ3v) is 3.35. The van der Waals surface area contributed by atoms with Crippen LogP contribution in [0.3, 0.4) is 0 Å². The first kappa shape index (κ1) is 13.0. The van der Waals surface area contributed by atoms with Crippen molar-refractivity contribution in [2.24, 2.45) is 5.92 Å². The second-order valence-electron chi connectivity index (χ2n) is 5.06. The first-order chi connectivity index (χ1) is 8.52. The molecule has 1 aliphatic heterocycles. The fourth-order valence-electron chi connectivity index (χ4n) is 2.44. The average molecular weight is 253 g/mol. The predicted molar refractivity (Wildman–Crippen MR) is 64.4 cm³/mol. The number of ether oxygens (including phenoxy) is 1. The molecule has 1 fully saturated rings. The van der Waals surface area contributed by atoms with E-state index < -0.39 is 12.0 Å². The molecule has 100 valence electrons. The van der Waals surface area contributed by atoms with Crippen molar-refractivity contribution in [1.29, 1.82) is 0 Å². The molecule has 2 heterocycles. The summed E-state index contributed by atoms with van der Waals surface area (Å²) < 4.78 is 7.10. The van der Waals surface area contributed by atoms with E-state index in [0.717, 1.165) is 12.2 Å². The third kappa shape index (κ3) is 2.25. The SMILES string of the molecule is Cc1nnc(C2CCOC2)n1C(C(=O)O)C(C)C. The topological polar surface area (TPSA) is 77.2 Å². The summed E-state index contributed by atoms with van der Waals surface area (Å²) in [4.78, 5) is 11.5. The van der Waals surface area contributed by atoms with Crippen LogP contribution in [0.25, 0.3) is 0 Å². The number of hydrogen-bond donors (Lipinski definition) is 1. The molecular weight excluding hydrogens is 234 g/mol. The molecule has 0 aromatic carbocycles. The quantitative estimate of drug-likeness (QED) is 0.877.